The van der Waals surface area contributed by atoms with E-state index in [0.29, 0.717) is 44.3 Å². The van der Waals surface area contributed by atoms with Crippen molar-refractivity contribution in [1.82, 2.24) is 10.1 Å². The fourth-order valence-electron chi connectivity index (χ4n) is 6.48. The Balaban J connectivity index is 1.57. The topological polar surface area (TPSA) is 90.0 Å². The summed E-state index contributed by atoms with van der Waals surface area (Å²) in [5, 5.41) is 25.5. The van der Waals surface area contributed by atoms with Gasteiger partial charge in [0.05, 0.1) is 0 Å². The number of ether oxygens (including phenoxy) is 1. The van der Waals surface area contributed by atoms with Crippen LogP contribution >= 0.6 is 0 Å². The summed E-state index contributed by atoms with van der Waals surface area (Å²) in [4.78, 5) is 25.1. The molecular weight excluding hydrogens is 444 g/mol. The van der Waals surface area contributed by atoms with Crippen molar-refractivity contribution in [3.63, 3.8) is 0 Å². The summed E-state index contributed by atoms with van der Waals surface area (Å²) < 4.78 is 5.74. The van der Waals surface area contributed by atoms with Gasteiger partial charge in [0, 0.05) is 53.8 Å². The molecule has 7 nitrogen and oxygen atoms in total. The molecule has 1 N–H and O–H groups in total. The first-order chi connectivity index (χ1) is 16.0. The number of carbonyl (C=O) groups excluding carboxylic acids is 2. The Bertz CT molecular complexity index is 695. The molecule has 0 saturated carbocycles. The van der Waals surface area contributed by atoms with Gasteiger partial charge in [0.2, 0.25) is 0 Å². The van der Waals surface area contributed by atoms with Gasteiger partial charge in [-0.05, 0) is 81.1 Å². The zero-order valence-corrected chi connectivity index (χ0v) is 23.6. The van der Waals surface area contributed by atoms with Crippen LogP contribution in [0, 0.1) is 5.92 Å². The Kier molecular flexibility index (Phi) is 9.99. The van der Waals surface area contributed by atoms with Gasteiger partial charge < -0.3 is 9.94 Å². The maximum Gasteiger partial charge on any atom is 0.306 e. The predicted molar refractivity (Wildman–Crippen MR) is 136 cm³/mol. The second-order valence-corrected chi connectivity index (χ2v) is 13.6. The molecule has 0 aromatic carbocycles. The van der Waals surface area contributed by atoms with E-state index in [2.05, 4.69) is 0 Å². The molecule has 1 radical (unpaired) electrons. The van der Waals surface area contributed by atoms with Crippen molar-refractivity contribution in [3.8, 4) is 0 Å². The molecule has 35 heavy (non-hydrogen) atoms. The SMILES string of the molecule is CC1(C)CC(C(=O)CCCCCCCCC(=O)OC2CC(C)(C)N(O)C(C)(C)C2)CC(C)(C)N1[O]. The first kappa shape index (κ1) is 30.2. The van der Waals surface area contributed by atoms with Gasteiger partial charge in [-0.3, -0.25) is 9.59 Å². The average molecular weight is 496 g/mol. The van der Waals surface area contributed by atoms with Crippen LogP contribution < -0.4 is 0 Å². The molecule has 2 aliphatic heterocycles. The Labute approximate surface area is 213 Å². The predicted octanol–water partition coefficient (Wildman–Crippen LogP) is 6.25. The van der Waals surface area contributed by atoms with Crippen LogP contribution in [-0.2, 0) is 19.5 Å². The number of hydrogen-bond acceptors (Lipinski definition) is 6. The van der Waals surface area contributed by atoms with Crippen molar-refractivity contribution < 1.29 is 24.7 Å². The zero-order valence-electron chi connectivity index (χ0n) is 23.6. The summed E-state index contributed by atoms with van der Waals surface area (Å²) >= 11 is 0. The summed E-state index contributed by atoms with van der Waals surface area (Å²) in [7, 11) is 0. The lowest BCUT2D eigenvalue weighted by molar-refractivity contribution is -0.292. The Morgan fingerprint density at radius 1 is 0.714 bits per heavy atom. The zero-order chi connectivity index (χ0) is 26.7. The highest BCUT2D eigenvalue weighted by Crippen LogP contribution is 2.41. The fourth-order valence-corrected chi connectivity index (χ4v) is 6.48. The Morgan fingerprint density at radius 3 is 1.63 bits per heavy atom. The van der Waals surface area contributed by atoms with Crippen LogP contribution in [0.2, 0.25) is 0 Å². The first-order valence-corrected chi connectivity index (χ1v) is 13.7. The van der Waals surface area contributed by atoms with E-state index < -0.39 is 22.2 Å². The van der Waals surface area contributed by atoms with Crippen molar-refractivity contribution in [2.24, 2.45) is 5.92 Å². The number of carbonyl (C=O) groups is 2. The normalized spacial score (nSPS) is 24.9. The molecule has 2 rings (SSSR count). The van der Waals surface area contributed by atoms with Gasteiger partial charge in [0.15, 0.2) is 0 Å². The third kappa shape index (κ3) is 8.24. The van der Waals surface area contributed by atoms with Crippen molar-refractivity contribution >= 4 is 11.8 Å². The van der Waals surface area contributed by atoms with Gasteiger partial charge in [0.1, 0.15) is 11.9 Å². The number of unbranched alkanes of at least 4 members (excludes halogenated alkanes) is 5. The van der Waals surface area contributed by atoms with Gasteiger partial charge in [-0.15, -0.1) is 10.3 Å². The fraction of sp³-hybridized carbons (Fsp3) is 0.929. The Hall–Kier alpha value is -1.02. The van der Waals surface area contributed by atoms with Gasteiger partial charge in [-0.25, -0.2) is 0 Å². The molecule has 0 spiro atoms. The van der Waals surface area contributed by atoms with Crippen LogP contribution in [0.3, 0.4) is 0 Å². The van der Waals surface area contributed by atoms with Crippen molar-refractivity contribution in [2.45, 2.75) is 161 Å². The number of Topliss-reactive ketones (excluding diaryl/α,β-unsaturated/α-hetero) is 1. The first-order valence-electron chi connectivity index (χ1n) is 13.7. The number of hydroxylamine groups is 4. The third-order valence-corrected chi connectivity index (χ3v) is 8.00. The van der Waals surface area contributed by atoms with Crippen molar-refractivity contribution in [1.29, 1.82) is 0 Å². The molecule has 7 heteroatoms. The van der Waals surface area contributed by atoms with Crippen LogP contribution in [0.5, 0.6) is 0 Å². The number of piperidine rings is 2. The van der Waals surface area contributed by atoms with Crippen molar-refractivity contribution in [3.05, 3.63) is 0 Å². The number of esters is 1. The van der Waals surface area contributed by atoms with Gasteiger partial charge in [0.25, 0.3) is 0 Å². The highest BCUT2D eigenvalue weighted by molar-refractivity contribution is 5.81. The van der Waals surface area contributed by atoms with E-state index in [-0.39, 0.29) is 18.0 Å². The highest BCUT2D eigenvalue weighted by atomic mass is 16.5. The molecule has 0 bridgehead atoms. The van der Waals surface area contributed by atoms with Crippen LogP contribution in [0.4, 0.5) is 0 Å². The van der Waals surface area contributed by atoms with E-state index in [1.165, 1.54) is 10.1 Å². The van der Waals surface area contributed by atoms with E-state index in [9.17, 15) is 20.0 Å². The second-order valence-electron chi connectivity index (χ2n) is 13.6. The quantitative estimate of drug-likeness (QED) is 0.269. The lowest BCUT2D eigenvalue weighted by Gasteiger charge is -2.50. The molecule has 0 amide bonds. The van der Waals surface area contributed by atoms with Gasteiger partial charge in [-0.2, -0.15) is 5.06 Å². The minimum absolute atomic E-state index is 0.0167. The van der Waals surface area contributed by atoms with Crippen LogP contribution in [-0.4, -0.2) is 55.3 Å². The van der Waals surface area contributed by atoms with E-state index in [4.69, 9.17) is 4.74 Å². The van der Waals surface area contributed by atoms with Gasteiger partial charge >= 0.3 is 5.97 Å². The molecule has 0 aliphatic carbocycles. The number of ketones is 1. The number of nitrogens with zero attached hydrogens (tertiary/aromatic N) is 2. The van der Waals surface area contributed by atoms with Crippen LogP contribution in [0.1, 0.15) is 132 Å². The van der Waals surface area contributed by atoms with Gasteiger partial charge in [-0.1, -0.05) is 25.7 Å². The molecule has 203 valence electrons. The second kappa shape index (κ2) is 11.6. The number of rotatable bonds is 11. The van der Waals surface area contributed by atoms with E-state index in [1.54, 1.807) is 0 Å². The molecular formula is C28H51N2O5. The Morgan fingerprint density at radius 2 is 1.14 bits per heavy atom. The lowest BCUT2D eigenvalue weighted by Crippen LogP contribution is -2.60. The minimum Gasteiger partial charge on any atom is -0.462 e. The molecule has 2 aliphatic rings. The van der Waals surface area contributed by atoms with Crippen molar-refractivity contribution in [2.75, 3.05) is 0 Å². The summed E-state index contributed by atoms with van der Waals surface area (Å²) in [5.41, 5.74) is -1.83. The van der Waals surface area contributed by atoms with E-state index in [0.717, 1.165) is 38.5 Å². The van der Waals surface area contributed by atoms with E-state index >= 15 is 0 Å². The van der Waals surface area contributed by atoms with Crippen LogP contribution in [0.15, 0.2) is 0 Å². The minimum atomic E-state index is -0.494. The monoisotopic (exact) mass is 495 g/mol. The standard InChI is InChI=1S/C28H51N2O5/c1-25(2)17-21(18-26(3,4)29(25)33)23(31)15-13-11-9-10-12-14-16-24(32)35-22-19-27(5,6)30(34)28(7,8)20-22/h21-22,34H,9-20H2,1-8H3. The average Bonchev–Trinajstić information content (AvgIpc) is 2.71. The molecule has 2 saturated heterocycles. The molecule has 0 unspecified atom stereocenters. The summed E-state index contributed by atoms with van der Waals surface area (Å²) in [6.45, 7) is 15.6. The summed E-state index contributed by atoms with van der Waals surface area (Å²) in [6.07, 6.45) is 9.25. The molecule has 2 heterocycles. The maximum atomic E-state index is 12.8. The number of hydrogen-bond donors (Lipinski definition) is 1. The van der Waals surface area contributed by atoms with E-state index in [1.807, 2.05) is 55.4 Å². The third-order valence-electron chi connectivity index (χ3n) is 8.00. The molecule has 0 atom stereocenters. The van der Waals surface area contributed by atoms with Crippen LogP contribution in [0.25, 0.3) is 0 Å². The maximum absolute atomic E-state index is 12.8. The largest absolute Gasteiger partial charge is 0.462 e. The summed E-state index contributed by atoms with van der Waals surface area (Å²) in [6, 6.07) is 0. The molecule has 0 aromatic rings. The smallest absolute Gasteiger partial charge is 0.306 e. The molecule has 0 aromatic heterocycles. The molecule has 2 fully saturated rings. The lowest BCUT2D eigenvalue weighted by atomic mass is 9.73. The highest BCUT2D eigenvalue weighted by Gasteiger charge is 2.48. The summed E-state index contributed by atoms with van der Waals surface area (Å²) in [5.74, 6) is 0.144.